The first kappa shape index (κ1) is 19.6. The number of ketones is 1. The third kappa shape index (κ3) is 3.42. The van der Waals surface area contributed by atoms with Gasteiger partial charge in [0.25, 0.3) is 0 Å². The number of carbonyl (C=O) groups excluding carboxylic acids is 3. The summed E-state index contributed by atoms with van der Waals surface area (Å²) in [5.74, 6) is -0.303. The molecular weight excluding hydrogens is 344 g/mol. The van der Waals surface area contributed by atoms with Crippen LogP contribution in [-0.4, -0.2) is 45.8 Å². The van der Waals surface area contributed by atoms with Crippen molar-refractivity contribution in [1.82, 2.24) is 9.47 Å². The van der Waals surface area contributed by atoms with Crippen LogP contribution in [0.4, 0.5) is 0 Å². The van der Waals surface area contributed by atoms with Gasteiger partial charge in [0.05, 0.1) is 12.6 Å². The minimum atomic E-state index is -0.513. The van der Waals surface area contributed by atoms with E-state index in [4.69, 9.17) is 4.74 Å². The Morgan fingerprint density at radius 1 is 1.19 bits per heavy atom. The summed E-state index contributed by atoms with van der Waals surface area (Å²) in [4.78, 5) is 40.4. The second kappa shape index (κ2) is 7.49. The summed E-state index contributed by atoms with van der Waals surface area (Å²) in [7, 11) is 1.77. The van der Waals surface area contributed by atoms with E-state index in [9.17, 15) is 14.4 Å². The zero-order valence-electron chi connectivity index (χ0n) is 17.0. The average molecular weight is 374 g/mol. The van der Waals surface area contributed by atoms with Crippen LogP contribution in [0, 0.1) is 19.8 Å². The second-order valence-electron chi connectivity index (χ2n) is 7.86. The van der Waals surface area contributed by atoms with Crippen molar-refractivity contribution in [3.8, 4) is 0 Å². The molecule has 2 aliphatic rings. The molecule has 1 unspecified atom stereocenters. The van der Waals surface area contributed by atoms with Crippen molar-refractivity contribution in [2.24, 2.45) is 13.0 Å². The number of esters is 1. The van der Waals surface area contributed by atoms with Crippen molar-refractivity contribution in [3.05, 3.63) is 22.5 Å². The molecule has 1 atom stereocenters. The second-order valence-corrected chi connectivity index (χ2v) is 7.86. The van der Waals surface area contributed by atoms with Gasteiger partial charge in [-0.1, -0.05) is 6.42 Å². The monoisotopic (exact) mass is 374 g/mol. The molecule has 6 heteroatoms. The van der Waals surface area contributed by atoms with Gasteiger partial charge >= 0.3 is 5.97 Å². The lowest BCUT2D eigenvalue weighted by atomic mass is 9.83. The van der Waals surface area contributed by atoms with Gasteiger partial charge in [0.2, 0.25) is 5.91 Å². The minimum absolute atomic E-state index is 0.0777. The first-order valence-electron chi connectivity index (χ1n) is 9.98. The van der Waals surface area contributed by atoms with Crippen LogP contribution < -0.4 is 0 Å². The number of nitrogens with zero attached hydrogens (tertiary/aromatic N) is 2. The van der Waals surface area contributed by atoms with Crippen LogP contribution >= 0.6 is 0 Å². The lowest BCUT2D eigenvalue weighted by molar-refractivity contribution is -0.140. The first-order valence-corrected chi connectivity index (χ1v) is 9.98. The maximum atomic E-state index is 13.4. The van der Waals surface area contributed by atoms with Crippen molar-refractivity contribution in [1.29, 1.82) is 0 Å². The molecule has 0 saturated heterocycles. The number of hydrogen-bond acceptors (Lipinski definition) is 4. The van der Waals surface area contributed by atoms with Crippen LogP contribution in [0.1, 0.15) is 78.1 Å². The number of ether oxygens (including phenoxy) is 1. The Morgan fingerprint density at radius 2 is 1.81 bits per heavy atom. The number of rotatable bonds is 7. The summed E-state index contributed by atoms with van der Waals surface area (Å²) in [5.41, 5.74) is 2.32. The molecule has 6 nitrogen and oxygen atoms in total. The molecule has 0 spiro atoms. The molecule has 1 aromatic heterocycles. The normalized spacial score (nSPS) is 18.0. The molecule has 2 fully saturated rings. The predicted molar refractivity (Wildman–Crippen MR) is 102 cm³/mol. The fourth-order valence-corrected chi connectivity index (χ4v) is 4.07. The molecule has 1 amide bonds. The smallest absolute Gasteiger partial charge is 0.355 e. The van der Waals surface area contributed by atoms with Gasteiger partial charge in [0.15, 0.2) is 5.78 Å². The Bertz CT molecular complexity index is 772. The topological polar surface area (TPSA) is 68.6 Å². The number of aromatic nitrogens is 1. The highest BCUT2D eigenvalue weighted by Crippen LogP contribution is 2.36. The predicted octanol–water partition coefficient (Wildman–Crippen LogP) is 3.18. The van der Waals surface area contributed by atoms with Gasteiger partial charge in [-0.3, -0.25) is 9.59 Å². The molecule has 27 heavy (non-hydrogen) atoms. The molecule has 0 radical (unpaired) electrons. The number of hydrogen-bond donors (Lipinski definition) is 0. The largest absolute Gasteiger partial charge is 0.461 e. The van der Waals surface area contributed by atoms with E-state index in [1.54, 1.807) is 25.5 Å². The van der Waals surface area contributed by atoms with Crippen molar-refractivity contribution in [2.45, 2.75) is 71.9 Å². The summed E-state index contributed by atoms with van der Waals surface area (Å²) in [6.07, 6.45) is 4.89. The zero-order valence-corrected chi connectivity index (χ0v) is 17.0. The van der Waals surface area contributed by atoms with Crippen molar-refractivity contribution in [3.63, 3.8) is 0 Å². The Kier molecular flexibility index (Phi) is 5.45. The van der Waals surface area contributed by atoms with Crippen LogP contribution in [0.5, 0.6) is 0 Å². The van der Waals surface area contributed by atoms with Gasteiger partial charge in [-0.2, -0.15) is 0 Å². The van der Waals surface area contributed by atoms with E-state index in [1.807, 2.05) is 18.7 Å². The summed E-state index contributed by atoms with van der Waals surface area (Å²) in [6.45, 7) is 7.50. The molecule has 1 heterocycles. The number of carbonyl (C=O) groups is 3. The van der Waals surface area contributed by atoms with Crippen LogP contribution in [0.15, 0.2) is 0 Å². The summed E-state index contributed by atoms with van der Waals surface area (Å²) >= 11 is 0. The fraction of sp³-hybridized carbons (Fsp3) is 0.667. The van der Waals surface area contributed by atoms with Crippen molar-refractivity contribution in [2.75, 3.05) is 6.61 Å². The van der Waals surface area contributed by atoms with Gasteiger partial charge in [-0.25, -0.2) is 4.79 Å². The molecular formula is C21H30N2O4. The average Bonchev–Trinajstić information content (AvgIpc) is 3.34. The summed E-state index contributed by atoms with van der Waals surface area (Å²) in [5, 5.41) is 0. The zero-order chi connectivity index (χ0) is 19.9. The Labute approximate surface area is 160 Å². The third-order valence-corrected chi connectivity index (χ3v) is 6.09. The third-order valence-electron chi connectivity index (χ3n) is 6.09. The van der Waals surface area contributed by atoms with Gasteiger partial charge < -0.3 is 14.2 Å². The van der Waals surface area contributed by atoms with Gasteiger partial charge in [0, 0.05) is 30.3 Å². The molecule has 148 valence electrons. The Hall–Kier alpha value is -2.11. The molecule has 0 N–H and O–H groups in total. The van der Waals surface area contributed by atoms with E-state index in [2.05, 4.69) is 0 Å². The quantitative estimate of drug-likeness (QED) is 0.543. The highest BCUT2D eigenvalue weighted by Gasteiger charge is 2.43. The van der Waals surface area contributed by atoms with Gasteiger partial charge in [-0.15, -0.1) is 0 Å². The Balaban J connectivity index is 1.91. The van der Waals surface area contributed by atoms with Crippen LogP contribution in [0.3, 0.4) is 0 Å². The highest BCUT2D eigenvalue weighted by molar-refractivity contribution is 6.06. The lowest BCUT2D eigenvalue weighted by Gasteiger charge is -2.35. The minimum Gasteiger partial charge on any atom is -0.461 e. The van der Waals surface area contributed by atoms with Crippen molar-refractivity contribution < 1.29 is 19.1 Å². The SMILES string of the molecule is CCOC(=O)c1c(C)c(C(=O)C(C)N(C(=O)C2CCC2)C2CC2)c(C)n1C. The van der Waals surface area contributed by atoms with Gasteiger partial charge in [-0.05, 0) is 58.9 Å². The van der Waals surface area contributed by atoms with E-state index in [1.165, 1.54) is 0 Å². The van der Waals surface area contributed by atoms with Crippen LogP contribution in [0.2, 0.25) is 0 Å². The first-order chi connectivity index (χ1) is 12.8. The lowest BCUT2D eigenvalue weighted by Crippen LogP contribution is -2.48. The molecule has 0 aromatic carbocycles. The van der Waals surface area contributed by atoms with E-state index in [-0.39, 0.29) is 30.3 Å². The maximum Gasteiger partial charge on any atom is 0.355 e. The van der Waals surface area contributed by atoms with Crippen molar-refractivity contribution >= 4 is 17.7 Å². The van der Waals surface area contributed by atoms with E-state index in [0.29, 0.717) is 16.8 Å². The fourth-order valence-electron chi connectivity index (χ4n) is 4.07. The molecule has 2 aliphatic carbocycles. The number of Topliss-reactive ketones (excluding diaryl/α,β-unsaturated/α-hetero) is 1. The van der Waals surface area contributed by atoms with E-state index >= 15 is 0 Å². The van der Waals surface area contributed by atoms with Crippen LogP contribution in [-0.2, 0) is 16.6 Å². The molecule has 0 aliphatic heterocycles. The molecule has 3 rings (SSSR count). The van der Waals surface area contributed by atoms with E-state index in [0.717, 1.165) is 37.8 Å². The summed E-state index contributed by atoms with van der Waals surface area (Å²) in [6, 6.07) is -0.327. The number of amides is 1. The maximum absolute atomic E-state index is 13.4. The van der Waals surface area contributed by atoms with Crippen LogP contribution in [0.25, 0.3) is 0 Å². The molecule has 0 bridgehead atoms. The molecule has 1 aromatic rings. The Morgan fingerprint density at radius 3 is 2.30 bits per heavy atom. The summed E-state index contributed by atoms with van der Waals surface area (Å²) < 4.78 is 6.87. The van der Waals surface area contributed by atoms with Gasteiger partial charge in [0.1, 0.15) is 5.69 Å². The highest BCUT2D eigenvalue weighted by atomic mass is 16.5. The van der Waals surface area contributed by atoms with E-state index < -0.39 is 12.0 Å². The molecule has 2 saturated carbocycles. The standard InChI is InChI=1S/C21H30N2O4/c1-6-27-21(26)18-12(2)17(13(3)22(18)5)19(24)14(4)23(16-10-11-16)20(25)15-8-7-9-15/h14-16H,6-11H2,1-5H3.